The highest BCUT2D eigenvalue weighted by atomic mass is 16.6. The van der Waals surface area contributed by atoms with Gasteiger partial charge in [-0.25, -0.2) is 9.59 Å². The Balaban J connectivity index is 2.59. The first-order chi connectivity index (χ1) is 10.2. The predicted molar refractivity (Wildman–Crippen MR) is 83.1 cm³/mol. The molecule has 0 bridgehead atoms. The molecule has 0 saturated heterocycles. The van der Waals surface area contributed by atoms with E-state index in [1.54, 1.807) is 52.1 Å². The van der Waals surface area contributed by atoms with Crippen LogP contribution >= 0.6 is 0 Å². The standard InChI is InChI=1S/C17H19NO4/c1-10-6-5-7-11(13(10)16(21)22-17(2,3)4)14-12(15(19)20)8-9-18-14/h5-9,18H,1-4H3,(H,19,20). The highest BCUT2D eigenvalue weighted by Gasteiger charge is 2.24. The van der Waals surface area contributed by atoms with Gasteiger partial charge in [-0.1, -0.05) is 18.2 Å². The molecule has 0 radical (unpaired) electrons. The largest absolute Gasteiger partial charge is 0.478 e. The number of aromatic nitrogens is 1. The van der Waals surface area contributed by atoms with E-state index in [2.05, 4.69) is 4.98 Å². The summed E-state index contributed by atoms with van der Waals surface area (Å²) in [6.07, 6.45) is 1.54. The fourth-order valence-corrected chi connectivity index (χ4v) is 2.25. The van der Waals surface area contributed by atoms with E-state index in [-0.39, 0.29) is 5.56 Å². The van der Waals surface area contributed by atoms with Gasteiger partial charge in [-0.05, 0) is 39.3 Å². The van der Waals surface area contributed by atoms with Crippen molar-refractivity contribution in [3.63, 3.8) is 0 Å². The van der Waals surface area contributed by atoms with Crippen molar-refractivity contribution in [1.82, 2.24) is 4.98 Å². The number of carbonyl (C=O) groups is 2. The number of nitrogens with one attached hydrogen (secondary N) is 1. The number of aromatic amines is 1. The van der Waals surface area contributed by atoms with Gasteiger partial charge in [0.2, 0.25) is 0 Å². The van der Waals surface area contributed by atoms with Crippen LogP contribution in [-0.2, 0) is 4.74 Å². The van der Waals surface area contributed by atoms with E-state index in [0.29, 0.717) is 16.8 Å². The third-order valence-electron chi connectivity index (χ3n) is 3.12. The molecule has 5 heteroatoms. The van der Waals surface area contributed by atoms with Gasteiger partial charge >= 0.3 is 11.9 Å². The lowest BCUT2D eigenvalue weighted by molar-refractivity contribution is 0.00693. The topological polar surface area (TPSA) is 79.4 Å². The van der Waals surface area contributed by atoms with E-state index in [1.165, 1.54) is 6.07 Å². The average molecular weight is 301 g/mol. The summed E-state index contributed by atoms with van der Waals surface area (Å²) in [7, 11) is 0. The van der Waals surface area contributed by atoms with Crippen molar-refractivity contribution >= 4 is 11.9 Å². The molecule has 2 N–H and O–H groups in total. The number of esters is 1. The fraction of sp³-hybridized carbons (Fsp3) is 0.294. The number of hydrogen-bond donors (Lipinski definition) is 2. The molecule has 2 rings (SSSR count). The summed E-state index contributed by atoms with van der Waals surface area (Å²) in [5.41, 5.74) is 1.53. The number of H-pyrrole nitrogens is 1. The van der Waals surface area contributed by atoms with Crippen molar-refractivity contribution in [3.05, 3.63) is 47.2 Å². The summed E-state index contributed by atoms with van der Waals surface area (Å²) in [6.45, 7) is 7.17. The first-order valence-electron chi connectivity index (χ1n) is 6.94. The van der Waals surface area contributed by atoms with Crippen LogP contribution in [-0.4, -0.2) is 27.6 Å². The number of hydrogen-bond acceptors (Lipinski definition) is 3. The van der Waals surface area contributed by atoms with E-state index in [9.17, 15) is 14.7 Å². The Morgan fingerprint density at radius 1 is 1.18 bits per heavy atom. The number of carboxylic acids is 1. The molecular weight excluding hydrogens is 282 g/mol. The number of aromatic carboxylic acids is 1. The molecule has 5 nitrogen and oxygen atoms in total. The van der Waals surface area contributed by atoms with Gasteiger partial charge in [0, 0.05) is 11.8 Å². The molecule has 0 saturated carbocycles. The molecule has 116 valence electrons. The fourth-order valence-electron chi connectivity index (χ4n) is 2.25. The second-order valence-corrected chi connectivity index (χ2v) is 6.07. The molecule has 2 aromatic rings. The Kier molecular flexibility index (Phi) is 4.08. The number of benzene rings is 1. The lowest BCUT2D eigenvalue weighted by Gasteiger charge is -2.21. The number of ether oxygens (including phenoxy) is 1. The number of rotatable bonds is 3. The molecule has 1 aromatic carbocycles. The number of carboxylic acid groups (broad SMARTS) is 1. The lowest BCUT2D eigenvalue weighted by atomic mass is 9.97. The van der Waals surface area contributed by atoms with Crippen molar-refractivity contribution in [1.29, 1.82) is 0 Å². The summed E-state index contributed by atoms with van der Waals surface area (Å²) in [6, 6.07) is 6.76. The van der Waals surface area contributed by atoms with E-state index < -0.39 is 17.5 Å². The minimum atomic E-state index is -1.05. The first-order valence-corrected chi connectivity index (χ1v) is 6.94. The summed E-state index contributed by atoms with van der Waals surface area (Å²) < 4.78 is 5.44. The minimum absolute atomic E-state index is 0.121. The summed E-state index contributed by atoms with van der Waals surface area (Å²) in [4.78, 5) is 26.7. The predicted octanol–water partition coefficient (Wildman–Crippen LogP) is 3.64. The van der Waals surface area contributed by atoms with Crippen molar-refractivity contribution in [2.75, 3.05) is 0 Å². The van der Waals surface area contributed by atoms with Crippen LogP contribution in [0.3, 0.4) is 0 Å². The molecule has 0 amide bonds. The van der Waals surface area contributed by atoms with Gasteiger partial charge in [0.15, 0.2) is 0 Å². The van der Waals surface area contributed by atoms with Crippen LogP contribution in [0.4, 0.5) is 0 Å². The SMILES string of the molecule is Cc1cccc(-c2[nH]ccc2C(=O)O)c1C(=O)OC(C)(C)C. The second kappa shape index (κ2) is 5.67. The Morgan fingerprint density at radius 3 is 2.45 bits per heavy atom. The van der Waals surface area contributed by atoms with E-state index in [4.69, 9.17) is 4.74 Å². The molecule has 22 heavy (non-hydrogen) atoms. The van der Waals surface area contributed by atoms with Crippen LogP contribution < -0.4 is 0 Å². The summed E-state index contributed by atoms with van der Waals surface area (Å²) >= 11 is 0. The van der Waals surface area contributed by atoms with Gasteiger partial charge in [-0.3, -0.25) is 0 Å². The third kappa shape index (κ3) is 3.19. The van der Waals surface area contributed by atoms with Crippen LogP contribution in [0.2, 0.25) is 0 Å². The number of carbonyl (C=O) groups excluding carboxylic acids is 1. The summed E-state index contributed by atoms with van der Waals surface area (Å²) in [5.74, 6) is -1.51. The zero-order chi connectivity index (χ0) is 16.5. The molecule has 0 aliphatic carbocycles. The molecule has 0 unspecified atom stereocenters. The molecule has 0 aliphatic rings. The Labute approximate surface area is 128 Å². The maximum Gasteiger partial charge on any atom is 0.339 e. The third-order valence-corrected chi connectivity index (χ3v) is 3.12. The van der Waals surface area contributed by atoms with Crippen molar-refractivity contribution in [2.45, 2.75) is 33.3 Å². The molecular formula is C17H19NO4. The molecule has 1 heterocycles. The van der Waals surface area contributed by atoms with Gasteiger partial charge in [-0.2, -0.15) is 0 Å². The Morgan fingerprint density at radius 2 is 1.86 bits per heavy atom. The molecule has 0 aliphatic heterocycles. The Hall–Kier alpha value is -2.56. The van der Waals surface area contributed by atoms with Gasteiger partial charge < -0.3 is 14.8 Å². The van der Waals surface area contributed by atoms with Gasteiger partial charge in [0.05, 0.1) is 16.8 Å². The van der Waals surface area contributed by atoms with Crippen molar-refractivity contribution in [3.8, 4) is 11.3 Å². The van der Waals surface area contributed by atoms with Gasteiger partial charge in [-0.15, -0.1) is 0 Å². The lowest BCUT2D eigenvalue weighted by Crippen LogP contribution is -2.24. The first kappa shape index (κ1) is 15.8. The van der Waals surface area contributed by atoms with Crippen LogP contribution in [0.5, 0.6) is 0 Å². The maximum absolute atomic E-state index is 12.5. The normalized spacial score (nSPS) is 11.3. The number of aryl methyl sites for hydroxylation is 1. The van der Waals surface area contributed by atoms with E-state index in [1.807, 2.05) is 0 Å². The summed E-state index contributed by atoms with van der Waals surface area (Å²) in [5, 5.41) is 9.26. The molecule has 1 aromatic heterocycles. The zero-order valence-corrected chi connectivity index (χ0v) is 13.1. The molecule has 0 spiro atoms. The maximum atomic E-state index is 12.5. The quantitative estimate of drug-likeness (QED) is 0.848. The van der Waals surface area contributed by atoms with Crippen molar-refractivity contribution in [2.24, 2.45) is 0 Å². The van der Waals surface area contributed by atoms with Crippen LogP contribution in [0.15, 0.2) is 30.5 Å². The van der Waals surface area contributed by atoms with Crippen LogP contribution in [0.1, 0.15) is 47.1 Å². The highest BCUT2D eigenvalue weighted by Crippen LogP contribution is 2.29. The van der Waals surface area contributed by atoms with Crippen molar-refractivity contribution < 1.29 is 19.4 Å². The second-order valence-electron chi connectivity index (χ2n) is 6.07. The monoisotopic (exact) mass is 301 g/mol. The van der Waals surface area contributed by atoms with E-state index >= 15 is 0 Å². The zero-order valence-electron chi connectivity index (χ0n) is 13.1. The van der Waals surface area contributed by atoms with Gasteiger partial charge in [0.25, 0.3) is 0 Å². The van der Waals surface area contributed by atoms with Crippen LogP contribution in [0.25, 0.3) is 11.3 Å². The highest BCUT2D eigenvalue weighted by molar-refractivity contribution is 6.02. The molecule has 0 fully saturated rings. The van der Waals surface area contributed by atoms with Gasteiger partial charge in [0.1, 0.15) is 5.60 Å². The van der Waals surface area contributed by atoms with E-state index in [0.717, 1.165) is 5.56 Å². The minimum Gasteiger partial charge on any atom is -0.478 e. The van der Waals surface area contributed by atoms with Crippen LogP contribution in [0, 0.1) is 6.92 Å². The smallest absolute Gasteiger partial charge is 0.339 e. The molecule has 0 atom stereocenters. The Bertz CT molecular complexity index is 723. The average Bonchev–Trinajstić information content (AvgIpc) is 2.85.